The summed E-state index contributed by atoms with van der Waals surface area (Å²) in [6.07, 6.45) is 3.61. The molecule has 2 aromatic rings. The number of fused-ring (bicyclic) bond motifs is 1. The van der Waals surface area contributed by atoms with Crippen LogP contribution in [0.4, 0.5) is 0 Å². The highest BCUT2D eigenvalue weighted by Crippen LogP contribution is 2.22. The van der Waals surface area contributed by atoms with Gasteiger partial charge >= 0.3 is 0 Å². The number of ketones is 1. The molecule has 29 heavy (non-hydrogen) atoms. The Kier molecular flexibility index (Phi) is 9.47. The zero-order valence-electron chi connectivity index (χ0n) is 17.0. The molecule has 0 bridgehead atoms. The number of carbonyl (C=O) groups is 3. The van der Waals surface area contributed by atoms with Gasteiger partial charge in [-0.3, -0.25) is 14.4 Å². The Morgan fingerprint density at radius 2 is 1.86 bits per heavy atom. The average Bonchev–Trinajstić information content (AvgIpc) is 3.10. The van der Waals surface area contributed by atoms with Crippen molar-refractivity contribution in [2.45, 2.75) is 46.1 Å². The zero-order valence-corrected chi connectivity index (χ0v) is 18.6. The summed E-state index contributed by atoms with van der Waals surface area (Å²) < 4.78 is 0. The van der Waals surface area contributed by atoms with Gasteiger partial charge in [0.25, 0.3) is 5.91 Å². The number of para-hydroxylation sites is 1. The van der Waals surface area contributed by atoms with E-state index in [1.54, 1.807) is 21.6 Å². The molecule has 0 aliphatic rings. The highest BCUT2D eigenvalue weighted by atomic mass is 33.1. The maximum Gasteiger partial charge on any atom is 0.266 e. The van der Waals surface area contributed by atoms with E-state index in [0.29, 0.717) is 12.2 Å². The molecule has 0 aliphatic heterocycles. The second-order valence-electron chi connectivity index (χ2n) is 6.69. The normalized spacial score (nSPS) is 12.7. The number of H-pyrrole nitrogens is 1. The fraction of sp³-hybridized carbons (Fsp3) is 0.429. The van der Waals surface area contributed by atoms with Gasteiger partial charge in [0.15, 0.2) is 5.78 Å². The van der Waals surface area contributed by atoms with Crippen LogP contribution < -0.4 is 5.32 Å². The van der Waals surface area contributed by atoms with Crippen molar-refractivity contribution in [2.75, 3.05) is 11.5 Å². The summed E-state index contributed by atoms with van der Waals surface area (Å²) in [6, 6.07) is 7.12. The van der Waals surface area contributed by atoms with Crippen molar-refractivity contribution in [2.24, 2.45) is 4.99 Å². The van der Waals surface area contributed by atoms with Gasteiger partial charge < -0.3 is 10.3 Å². The second kappa shape index (κ2) is 11.8. The number of carbonyl (C=O) groups excluding carboxylic acids is 3. The summed E-state index contributed by atoms with van der Waals surface area (Å²) in [5.74, 6) is 0.752. The molecule has 2 rings (SSSR count). The van der Waals surface area contributed by atoms with Crippen LogP contribution in [0.1, 0.15) is 39.2 Å². The minimum absolute atomic E-state index is 0.0754. The maximum atomic E-state index is 12.4. The van der Waals surface area contributed by atoms with E-state index in [0.717, 1.165) is 28.6 Å². The molecule has 0 aliphatic carbocycles. The van der Waals surface area contributed by atoms with Crippen molar-refractivity contribution < 1.29 is 14.4 Å². The van der Waals surface area contributed by atoms with Gasteiger partial charge in [-0.05, 0) is 31.9 Å². The summed E-state index contributed by atoms with van der Waals surface area (Å²) >= 11 is 0. The van der Waals surface area contributed by atoms with E-state index < -0.39 is 11.9 Å². The molecule has 0 fully saturated rings. The number of hydrogen-bond acceptors (Lipinski definition) is 5. The molecule has 2 amide bonds. The molecule has 8 heteroatoms. The summed E-state index contributed by atoms with van der Waals surface area (Å²) in [6.45, 7) is 5.05. The van der Waals surface area contributed by atoms with Crippen LogP contribution in [0.3, 0.4) is 0 Å². The van der Waals surface area contributed by atoms with Gasteiger partial charge in [-0.25, -0.2) is 4.99 Å². The molecule has 0 spiro atoms. The van der Waals surface area contributed by atoms with Crippen molar-refractivity contribution in [1.82, 2.24) is 10.3 Å². The summed E-state index contributed by atoms with van der Waals surface area (Å²) in [4.78, 5) is 43.5. The third-order valence-corrected chi connectivity index (χ3v) is 6.90. The van der Waals surface area contributed by atoms with E-state index in [1.807, 2.05) is 30.5 Å². The lowest BCUT2D eigenvalue weighted by Crippen LogP contribution is -2.44. The van der Waals surface area contributed by atoms with Crippen LogP contribution in [0.25, 0.3) is 10.9 Å². The van der Waals surface area contributed by atoms with Crippen LogP contribution >= 0.6 is 21.6 Å². The predicted octanol–water partition coefficient (Wildman–Crippen LogP) is 3.95. The number of Topliss-reactive ketones (excluding diaryl/α,β-unsaturated/α-hetero) is 1. The Balaban J connectivity index is 1.94. The van der Waals surface area contributed by atoms with E-state index in [4.69, 9.17) is 0 Å². The second-order valence-corrected chi connectivity index (χ2v) is 9.39. The first-order valence-corrected chi connectivity index (χ1v) is 12.1. The van der Waals surface area contributed by atoms with Crippen LogP contribution in [-0.4, -0.2) is 45.8 Å². The van der Waals surface area contributed by atoms with Gasteiger partial charge in [-0.1, -0.05) is 46.7 Å². The van der Waals surface area contributed by atoms with Crippen LogP contribution in [-0.2, 0) is 20.8 Å². The van der Waals surface area contributed by atoms with E-state index in [2.05, 4.69) is 22.2 Å². The zero-order chi connectivity index (χ0) is 21.2. The highest BCUT2D eigenvalue weighted by molar-refractivity contribution is 8.76. The van der Waals surface area contributed by atoms with Gasteiger partial charge in [0.05, 0.1) is 6.04 Å². The lowest BCUT2D eigenvalue weighted by atomic mass is 10.0. The first-order valence-electron chi connectivity index (χ1n) is 9.61. The minimum Gasteiger partial charge on any atom is -0.361 e. The molecule has 0 saturated carbocycles. The van der Waals surface area contributed by atoms with Gasteiger partial charge in [0, 0.05) is 41.4 Å². The van der Waals surface area contributed by atoms with Gasteiger partial charge in [0.2, 0.25) is 5.91 Å². The Labute approximate surface area is 179 Å². The summed E-state index contributed by atoms with van der Waals surface area (Å²) in [5.41, 5.74) is 2.01. The molecular weight excluding hydrogens is 406 g/mol. The fourth-order valence-corrected chi connectivity index (χ4v) is 4.82. The molecule has 1 atom stereocenters. The van der Waals surface area contributed by atoms with E-state index in [9.17, 15) is 14.4 Å². The highest BCUT2D eigenvalue weighted by Gasteiger charge is 2.21. The maximum absolute atomic E-state index is 12.4. The molecule has 0 saturated heterocycles. The fourth-order valence-electron chi connectivity index (χ4n) is 2.70. The van der Waals surface area contributed by atoms with Gasteiger partial charge in [-0.15, -0.1) is 0 Å². The molecule has 1 heterocycles. The topological polar surface area (TPSA) is 91.4 Å². The summed E-state index contributed by atoms with van der Waals surface area (Å²) in [5, 5.41) is 3.73. The number of hydrogen-bond donors (Lipinski definition) is 2. The van der Waals surface area contributed by atoms with Crippen LogP contribution in [0.15, 0.2) is 35.5 Å². The Morgan fingerprint density at radius 1 is 1.14 bits per heavy atom. The molecular formula is C21H27N3O3S2. The van der Waals surface area contributed by atoms with Gasteiger partial charge in [0.1, 0.15) is 5.71 Å². The van der Waals surface area contributed by atoms with Crippen molar-refractivity contribution >= 4 is 55.8 Å². The van der Waals surface area contributed by atoms with E-state index >= 15 is 0 Å². The third-order valence-electron chi connectivity index (χ3n) is 4.29. The molecule has 6 nitrogen and oxygen atoms in total. The smallest absolute Gasteiger partial charge is 0.266 e. The van der Waals surface area contributed by atoms with Gasteiger partial charge in [-0.2, -0.15) is 0 Å². The number of amides is 2. The van der Waals surface area contributed by atoms with E-state index in [-0.39, 0.29) is 23.8 Å². The third kappa shape index (κ3) is 7.36. The molecule has 1 aromatic carbocycles. The van der Waals surface area contributed by atoms with Crippen molar-refractivity contribution in [3.63, 3.8) is 0 Å². The summed E-state index contributed by atoms with van der Waals surface area (Å²) in [7, 11) is 3.37. The number of nitrogens with zero attached hydrogens (tertiary/aromatic N) is 1. The number of aromatic amines is 1. The standard InChI is InChI=1S/C21H27N3O3S2/c1-4-10-28-29-11-9-20(26)23-14(2)21(27)24-19(15(3)25)12-16-13-22-18-8-6-5-7-17(16)18/h5-8,13,19,22H,4,9-12H2,1-3H3,(H,24,27)/t19-/m0/s1. The lowest BCUT2D eigenvalue weighted by Gasteiger charge is -2.15. The molecule has 0 unspecified atom stereocenters. The quantitative estimate of drug-likeness (QED) is 0.318. The minimum atomic E-state index is -0.678. The Morgan fingerprint density at radius 3 is 2.59 bits per heavy atom. The number of rotatable bonds is 11. The number of nitrogens with one attached hydrogen (secondary N) is 2. The van der Waals surface area contributed by atoms with Crippen LogP contribution in [0.5, 0.6) is 0 Å². The Hall–Kier alpha value is -2.06. The first-order chi connectivity index (χ1) is 13.9. The monoisotopic (exact) mass is 433 g/mol. The van der Waals surface area contributed by atoms with Crippen LogP contribution in [0.2, 0.25) is 0 Å². The molecule has 2 N–H and O–H groups in total. The number of aliphatic imine (C=N–C) groups is 1. The molecule has 0 radical (unpaired) electrons. The lowest BCUT2D eigenvalue weighted by molar-refractivity contribution is -0.123. The van der Waals surface area contributed by atoms with Crippen molar-refractivity contribution in [3.8, 4) is 0 Å². The number of benzene rings is 1. The first kappa shape index (κ1) is 23.2. The average molecular weight is 434 g/mol. The molecule has 1 aromatic heterocycles. The van der Waals surface area contributed by atoms with Crippen molar-refractivity contribution in [3.05, 3.63) is 36.0 Å². The van der Waals surface area contributed by atoms with Crippen LogP contribution in [0, 0.1) is 0 Å². The Bertz CT molecular complexity index is 892. The van der Waals surface area contributed by atoms with E-state index in [1.165, 1.54) is 13.8 Å². The number of aromatic nitrogens is 1. The van der Waals surface area contributed by atoms with Crippen molar-refractivity contribution in [1.29, 1.82) is 0 Å². The molecule has 156 valence electrons. The predicted molar refractivity (Wildman–Crippen MR) is 123 cm³/mol. The SMILES string of the molecule is CCCSSCCC(=O)N=C(C)C(=O)N[C@@H](Cc1c[nH]c2ccccc12)C(C)=O. The largest absolute Gasteiger partial charge is 0.361 e.